The van der Waals surface area contributed by atoms with E-state index in [1.807, 2.05) is 18.2 Å². The van der Waals surface area contributed by atoms with Crippen LogP contribution in [-0.2, 0) is 26.2 Å². The zero-order valence-electron chi connectivity index (χ0n) is 26.8. The Morgan fingerprint density at radius 3 is 1.43 bits per heavy atom. The van der Waals surface area contributed by atoms with Gasteiger partial charge in [0.15, 0.2) is 0 Å². The molecule has 0 saturated heterocycles. The van der Waals surface area contributed by atoms with Gasteiger partial charge in [-0.05, 0) is 47.6 Å². The standard InChI is InChI=1S/C12H10.C11H18N.C9H13.C6H7Ge.CH3.Zr/c1-3-7-11(8-4-1)12-9-5-2-6-10-12;1-10-3-8-2-9(4-10)6-11(12,5-8)7-10;1-6-5-7(2)9(4)8(6)3;7-6-4-2-1-3-5-6;;/h1-10H;8-9,12H,2-7H2,1H3;6H,1-4H3;1-5H,7H2;1H3;/q;2*-1;;-1;+3. The zero-order valence-corrected chi connectivity index (χ0v) is 32.3. The molecule has 0 aromatic heterocycles. The summed E-state index contributed by atoms with van der Waals surface area (Å²) in [6.07, 6.45) is 11.3. The molecule has 42 heavy (non-hydrogen) atoms. The van der Waals surface area contributed by atoms with Gasteiger partial charge in [0.2, 0.25) is 0 Å². The van der Waals surface area contributed by atoms with E-state index in [2.05, 4.69) is 113 Å². The van der Waals surface area contributed by atoms with Gasteiger partial charge in [-0.3, -0.25) is 6.08 Å². The molecule has 4 saturated carbocycles. The Morgan fingerprint density at radius 1 is 0.738 bits per heavy atom. The van der Waals surface area contributed by atoms with Gasteiger partial charge in [-0.25, -0.2) is 5.57 Å². The predicted octanol–water partition coefficient (Wildman–Crippen LogP) is 9.87. The van der Waals surface area contributed by atoms with Crippen LogP contribution >= 0.6 is 0 Å². The maximum absolute atomic E-state index is 8.34. The number of benzene rings is 3. The Morgan fingerprint density at radius 2 is 1.17 bits per heavy atom. The third-order valence-electron chi connectivity index (χ3n) is 9.31. The van der Waals surface area contributed by atoms with Crippen molar-refractivity contribution in [2.45, 2.75) is 78.7 Å². The fourth-order valence-electron chi connectivity index (χ4n) is 7.62. The van der Waals surface area contributed by atoms with Gasteiger partial charge in [-0.2, -0.15) is 11.1 Å². The largest absolute Gasteiger partial charge is 3.00 e. The van der Waals surface area contributed by atoms with Crippen LogP contribution in [0.1, 0.15) is 73.1 Å². The van der Waals surface area contributed by atoms with Crippen molar-refractivity contribution >= 4 is 20.9 Å². The second-order valence-electron chi connectivity index (χ2n) is 13.1. The summed E-state index contributed by atoms with van der Waals surface area (Å²) in [5.41, 5.74) is 15.7. The monoisotopic (exact) mass is 697 g/mol. The molecule has 8 rings (SSSR count). The molecular weight excluding hydrogens is 646 g/mol. The molecule has 0 amide bonds. The molecule has 4 fully saturated rings. The van der Waals surface area contributed by atoms with E-state index >= 15 is 0 Å². The summed E-state index contributed by atoms with van der Waals surface area (Å²) in [7, 11) is 0. The van der Waals surface area contributed by atoms with Gasteiger partial charge in [-0.1, -0.05) is 114 Å². The van der Waals surface area contributed by atoms with Gasteiger partial charge < -0.3 is 13.2 Å². The maximum Gasteiger partial charge on any atom is 3.00 e. The minimum Gasteiger partial charge on any atom is -0.0622 e. The van der Waals surface area contributed by atoms with E-state index in [0.29, 0.717) is 11.3 Å². The van der Waals surface area contributed by atoms with E-state index in [-0.39, 0.29) is 39.2 Å². The molecular formula is C39H51GeNZr. The molecule has 3 aromatic carbocycles. The Bertz CT molecular complexity index is 1210. The smallest absolute Gasteiger partial charge is 0.0622 e. The van der Waals surface area contributed by atoms with Crippen molar-refractivity contribution in [1.82, 2.24) is 0 Å². The Hall–Kier alpha value is -1.47. The average molecular weight is 698 g/mol. The first kappa shape index (κ1) is 36.7. The van der Waals surface area contributed by atoms with Crippen LogP contribution < -0.4 is 4.40 Å². The van der Waals surface area contributed by atoms with Crippen LogP contribution in [0, 0.1) is 36.7 Å². The van der Waals surface area contributed by atoms with Crippen LogP contribution in [0.15, 0.2) is 108 Å². The van der Waals surface area contributed by atoms with E-state index in [4.69, 9.17) is 5.73 Å². The average Bonchev–Trinajstić information content (AvgIpc) is 3.14. The van der Waals surface area contributed by atoms with Crippen molar-refractivity contribution in [3.63, 3.8) is 0 Å². The zero-order chi connectivity index (χ0) is 28.8. The molecule has 5 aliphatic rings. The van der Waals surface area contributed by atoms with Crippen LogP contribution in [0.25, 0.3) is 16.9 Å². The van der Waals surface area contributed by atoms with Gasteiger partial charge in [0, 0.05) is 0 Å². The van der Waals surface area contributed by atoms with E-state index in [9.17, 15) is 0 Å². The second-order valence-corrected chi connectivity index (χ2v) is 14.8. The minimum absolute atomic E-state index is 0. The summed E-state index contributed by atoms with van der Waals surface area (Å²) in [5, 5.41) is 0. The fraction of sp³-hybridized carbons (Fsp3) is 0.410. The first-order valence-electron chi connectivity index (χ1n) is 15.1. The number of hydrogen-bond donors (Lipinski definition) is 0. The molecule has 5 aliphatic carbocycles. The molecule has 3 heteroatoms. The Labute approximate surface area is 285 Å². The molecule has 0 aliphatic heterocycles. The summed E-state index contributed by atoms with van der Waals surface area (Å²) in [4.78, 5) is 0. The first-order chi connectivity index (χ1) is 19.1. The number of nitrogens with one attached hydrogen (secondary N) is 1. The van der Waals surface area contributed by atoms with Crippen LogP contribution in [0.3, 0.4) is 0 Å². The van der Waals surface area contributed by atoms with Gasteiger partial charge in [0.05, 0.1) is 0 Å². The van der Waals surface area contributed by atoms with E-state index in [1.54, 1.807) is 0 Å². The SMILES string of the molecule is CC12CC3CC(C1)CC([NH-])(C3)C2.CC1=[C-]C(C)C(C)=C1C.[CH3-].[GeH2][c]1ccccc1.[Zr+3].c1ccc(-c2ccccc2)cc1. The summed E-state index contributed by atoms with van der Waals surface area (Å²) in [6.45, 7) is 11.1. The second kappa shape index (κ2) is 16.6. The van der Waals surface area contributed by atoms with Crippen molar-refractivity contribution < 1.29 is 26.2 Å². The molecule has 2 radical (unpaired) electrons. The van der Waals surface area contributed by atoms with Crippen LogP contribution in [-0.4, -0.2) is 22.1 Å². The number of rotatable bonds is 1. The van der Waals surface area contributed by atoms with Crippen molar-refractivity contribution in [2.75, 3.05) is 0 Å². The fourth-order valence-corrected chi connectivity index (χ4v) is 8.19. The van der Waals surface area contributed by atoms with Crippen molar-refractivity contribution in [2.24, 2.45) is 23.2 Å². The van der Waals surface area contributed by atoms with Crippen LogP contribution in [0.4, 0.5) is 0 Å². The molecule has 3 unspecified atom stereocenters. The third kappa shape index (κ3) is 10.3. The van der Waals surface area contributed by atoms with Gasteiger partial charge in [0.1, 0.15) is 0 Å². The molecule has 0 heterocycles. The van der Waals surface area contributed by atoms with Crippen molar-refractivity contribution in [1.29, 1.82) is 0 Å². The van der Waals surface area contributed by atoms with Crippen molar-refractivity contribution in [3.05, 3.63) is 127 Å². The normalized spacial score (nSPS) is 27.9. The van der Waals surface area contributed by atoms with Gasteiger partial charge >= 0.3 is 77.4 Å². The van der Waals surface area contributed by atoms with Crippen LogP contribution in [0.2, 0.25) is 0 Å². The third-order valence-corrected chi connectivity index (χ3v) is 10.3. The maximum atomic E-state index is 8.34. The Kier molecular flexibility index (Phi) is 14.5. The van der Waals surface area contributed by atoms with E-state index in [0.717, 1.165) is 11.8 Å². The van der Waals surface area contributed by atoms with Crippen molar-refractivity contribution in [3.8, 4) is 11.1 Å². The summed E-state index contributed by atoms with van der Waals surface area (Å²) < 4.78 is 1.45. The number of hydrogen-bond acceptors (Lipinski definition) is 0. The summed E-state index contributed by atoms with van der Waals surface area (Å²) in [5.74, 6) is 2.41. The van der Waals surface area contributed by atoms with E-state index < -0.39 is 0 Å². The van der Waals surface area contributed by atoms with E-state index in [1.165, 1.54) is 87.3 Å². The Balaban J connectivity index is 0.000000197. The number of allylic oxidation sites excluding steroid dienone is 4. The molecule has 3 atom stereocenters. The molecule has 0 spiro atoms. The van der Waals surface area contributed by atoms with Gasteiger partial charge in [0.25, 0.3) is 0 Å². The first-order valence-corrected chi connectivity index (χ1v) is 16.5. The molecule has 4 bridgehead atoms. The summed E-state index contributed by atoms with van der Waals surface area (Å²) >= 11 is 1.26. The predicted molar refractivity (Wildman–Crippen MR) is 183 cm³/mol. The molecule has 1 N–H and O–H groups in total. The van der Waals surface area contributed by atoms with Crippen LogP contribution in [0.5, 0.6) is 0 Å². The summed E-state index contributed by atoms with van der Waals surface area (Å²) in [6, 6.07) is 31.2. The van der Waals surface area contributed by atoms with Gasteiger partial charge in [-0.15, -0.1) is 12.5 Å². The molecule has 3 aromatic rings. The topological polar surface area (TPSA) is 23.8 Å². The molecule has 220 valence electrons. The minimum atomic E-state index is 0. The molecule has 1 nitrogen and oxygen atoms in total. The quantitative estimate of drug-likeness (QED) is 0.179.